The van der Waals surface area contributed by atoms with Gasteiger partial charge in [-0.15, -0.1) is 11.3 Å². The van der Waals surface area contributed by atoms with E-state index in [0.29, 0.717) is 6.54 Å². The Bertz CT molecular complexity index is 532. The molecule has 0 bridgehead atoms. The highest BCUT2D eigenvalue weighted by atomic mass is 35.5. The van der Waals surface area contributed by atoms with Gasteiger partial charge in [-0.25, -0.2) is 9.97 Å². The van der Waals surface area contributed by atoms with Gasteiger partial charge in [0.2, 0.25) is 5.82 Å². The smallest absolute Gasteiger partial charge is 0.311 e. The fraction of sp³-hybridized carbons (Fsp3) is 0.111. The highest BCUT2D eigenvalue weighted by Crippen LogP contribution is 2.24. The fourth-order valence-corrected chi connectivity index (χ4v) is 1.91. The van der Waals surface area contributed by atoms with Crippen LogP contribution in [-0.2, 0) is 6.54 Å². The van der Waals surface area contributed by atoms with Crippen molar-refractivity contribution in [3.05, 3.63) is 44.0 Å². The molecule has 17 heavy (non-hydrogen) atoms. The minimum atomic E-state index is -0.507. The summed E-state index contributed by atoms with van der Waals surface area (Å²) in [5.41, 5.74) is 2.38. The fourth-order valence-electron chi connectivity index (χ4n) is 1.20. The summed E-state index contributed by atoms with van der Waals surface area (Å²) in [6.07, 6.45) is 0. The Morgan fingerprint density at radius 1 is 1.53 bits per heavy atom. The van der Waals surface area contributed by atoms with Crippen LogP contribution in [0.2, 0.25) is 5.15 Å². The molecule has 2 heterocycles. The summed E-state index contributed by atoms with van der Waals surface area (Å²) in [7, 11) is 0. The minimum absolute atomic E-state index is 0.107. The summed E-state index contributed by atoms with van der Waals surface area (Å²) >= 11 is 7.15. The van der Waals surface area contributed by atoms with Gasteiger partial charge in [0.05, 0.1) is 22.7 Å². The van der Waals surface area contributed by atoms with Crippen LogP contribution in [0, 0.1) is 10.1 Å². The molecule has 0 aliphatic heterocycles. The van der Waals surface area contributed by atoms with Crippen molar-refractivity contribution < 1.29 is 4.92 Å². The van der Waals surface area contributed by atoms with E-state index in [2.05, 4.69) is 15.3 Å². The lowest BCUT2D eigenvalue weighted by molar-refractivity contribution is -0.384. The first-order valence-electron chi connectivity index (χ1n) is 4.58. The molecule has 8 heteroatoms. The van der Waals surface area contributed by atoms with Crippen molar-refractivity contribution in [1.29, 1.82) is 0 Å². The van der Waals surface area contributed by atoms with Gasteiger partial charge in [-0.2, -0.15) is 0 Å². The number of pyridine rings is 1. The monoisotopic (exact) mass is 270 g/mol. The first kappa shape index (κ1) is 11.7. The molecule has 0 radical (unpaired) electrons. The van der Waals surface area contributed by atoms with Crippen LogP contribution in [0.4, 0.5) is 11.5 Å². The number of rotatable bonds is 4. The lowest BCUT2D eigenvalue weighted by Crippen LogP contribution is -2.04. The van der Waals surface area contributed by atoms with E-state index in [1.807, 2.05) is 5.38 Å². The van der Waals surface area contributed by atoms with Crippen LogP contribution in [0.15, 0.2) is 23.0 Å². The summed E-state index contributed by atoms with van der Waals surface area (Å²) in [6.45, 7) is 0.373. The molecule has 2 aromatic rings. The summed E-state index contributed by atoms with van der Waals surface area (Å²) in [4.78, 5) is 18.2. The number of nitrogens with one attached hydrogen (secondary N) is 1. The molecule has 2 aromatic heterocycles. The second kappa shape index (κ2) is 5.07. The zero-order chi connectivity index (χ0) is 12.3. The number of anilines is 1. The Kier molecular flexibility index (Phi) is 3.50. The molecule has 0 atom stereocenters. The van der Waals surface area contributed by atoms with Crippen molar-refractivity contribution in [3.63, 3.8) is 0 Å². The number of nitrogens with zero attached hydrogens (tertiary/aromatic N) is 3. The Morgan fingerprint density at radius 2 is 2.35 bits per heavy atom. The Balaban J connectivity index is 2.19. The number of hydrogen-bond acceptors (Lipinski definition) is 6. The Hall–Kier alpha value is -1.73. The number of aromatic nitrogens is 2. The molecule has 0 aromatic carbocycles. The van der Waals surface area contributed by atoms with Gasteiger partial charge in [0.25, 0.3) is 0 Å². The maximum absolute atomic E-state index is 10.8. The predicted octanol–water partition coefficient (Wildman–Crippen LogP) is 2.71. The molecule has 6 nitrogen and oxygen atoms in total. The first-order chi connectivity index (χ1) is 8.16. The van der Waals surface area contributed by atoms with Crippen LogP contribution in [-0.4, -0.2) is 14.9 Å². The highest BCUT2D eigenvalue weighted by molar-refractivity contribution is 7.07. The van der Waals surface area contributed by atoms with E-state index in [-0.39, 0.29) is 16.7 Å². The van der Waals surface area contributed by atoms with E-state index in [1.165, 1.54) is 23.5 Å². The highest BCUT2D eigenvalue weighted by Gasteiger charge is 2.15. The third-order valence-corrected chi connectivity index (χ3v) is 2.80. The van der Waals surface area contributed by atoms with Crippen molar-refractivity contribution in [2.75, 3.05) is 5.32 Å². The lowest BCUT2D eigenvalue weighted by Gasteiger charge is -2.04. The van der Waals surface area contributed by atoms with Gasteiger partial charge in [0.15, 0.2) is 0 Å². The summed E-state index contributed by atoms with van der Waals surface area (Å²) in [6, 6.07) is 2.70. The van der Waals surface area contributed by atoms with Gasteiger partial charge in [-0.3, -0.25) is 10.1 Å². The van der Waals surface area contributed by atoms with Gasteiger partial charge in [0, 0.05) is 11.4 Å². The van der Waals surface area contributed by atoms with E-state index < -0.39 is 4.92 Å². The van der Waals surface area contributed by atoms with Crippen molar-refractivity contribution in [1.82, 2.24) is 9.97 Å². The zero-order valence-electron chi connectivity index (χ0n) is 8.46. The molecular weight excluding hydrogens is 264 g/mol. The molecule has 0 aliphatic rings. The minimum Gasteiger partial charge on any atom is -0.359 e. The maximum atomic E-state index is 10.8. The molecule has 88 valence electrons. The van der Waals surface area contributed by atoms with Crippen molar-refractivity contribution >= 4 is 34.4 Å². The normalized spacial score (nSPS) is 10.2. The first-order valence-corrected chi connectivity index (χ1v) is 5.91. The van der Waals surface area contributed by atoms with Crippen molar-refractivity contribution in [2.45, 2.75) is 6.54 Å². The molecule has 0 fully saturated rings. The van der Waals surface area contributed by atoms with Crippen molar-refractivity contribution in [3.8, 4) is 0 Å². The summed E-state index contributed by atoms with van der Waals surface area (Å²) in [5, 5.41) is 15.7. The molecule has 1 N–H and O–H groups in total. The molecule has 0 unspecified atom stereocenters. The Labute approximate surface area is 105 Å². The molecule has 0 saturated heterocycles. The van der Waals surface area contributed by atoms with E-state index in [4.69, 9.17) is 11.6 Å². The van der Waals surface area contributed by atoms with Crippen molar-refractivity contribution in [2.24, 2.45) is 0 Å². The molecule has 0 spiro atoms. The largest absolute Gasteiger partial charge is 0.359 e. The second-order valence-electron chi connectivity index (χ2n) is 3.09. The SMILES string of the molecule is O=[N+]([O-])c1ccc(Cl)nc1NCc1cscn1. The van der Waals surface area contributed by atoms with E-state index in [9.17, 15) is 10.1 Å². The number of hydrogen-bond donors (Lipinski definition) is 1. The molecule has 0 amide bonds. The average molecular weight is 271 g/mol. The number of halogens is 1. The predicted molar refractivity (Wildman–Crippen MR) is 65.3 cm³/mol. The maximum Gasteiger partial charge on any atom is 0.311 e. The van der Waals surface area contributed by atoms with Crippen LogP contribution >= 0.6 is 22.9 Å². The van der Waals surface area contributed by atoms with E-state index >= 15 is 0 Å². The standard InChI is InChI=1S/C9H7ClN4O2S/c10-8-2-1-7(14(15)16)9(13-8)11-3-6-4-17-5-12-6/h1-2,4-5H,3H2,(H,11,13). The zero-order valence-corrected chi connectivity index (χ0v) is 10.0. The average Bonchev–Trinajstić information content (AvgIpc) is 2.78. The molecule has 0 saturated carbocycles. The Morgan fingerprint density at radius 3 is 3.00 bits per heavy atom. The van der Waals surface area contributed by atoms with E-state index in [0.717, 1.165) is 5.69 Å². The van der Waals surface area contributed by atoms with Crippen LogP contribution < -0.4 is 5.32 Å². The second-order valence-corrected chi connectivity index (χ2v) is 4.20. The summed E-state index contributed by atoms with van der Waals surface area (Å²) in [5.74, 6) is 0.149. The third kappa shape index (κ3) is 2.89. The van der Waals surface area contributed by atoms with Crippen LogP contribution in [0.25, 0.3) is 0 Å². The van der Waals surface area contributed by atoms with Gasteiger partial charge in [0.1, 0.15) is 5.15 Å². The van der Waals surface area contributed by atoms with Gasteiger partial charge >= 0.3 is 5.69 Å². The molecular formula is C9H7ClN4O2S. The van der Waals surface area contributed by atoms with Gasteiger partial charge < -0.3 is 5.32 Å². The van der Waals surface area contributed by atoms with Crippen LogP contribution in [0.1, 0.15) is 5.69 Å². The molecule has 0 aliphatic carbocycles. The molecule has 2 rings (SSSR count). The van der Waals surface area contributed by atoms with Gasteiger partial charge in [-0.05, 0) is 6.07 Å². The van der Waals surface area contributed by atoms with Gasteiger partial charge in [-0.1, -0.05) is 11.6 Å². The van der Waals surface area contributed by atoms with Crippen LogP contribution in [0.3, 0.4) is 0 Å². The quantitative estimate of drug-likeness (QED) is 0.525. The van der Waals surface area contributed by atoms with E-state index in [1.54, 1.807) is 5.51 Å². The topological polar surface area (TPSA) is 81.0 Å². The number of nitro groups is 1. The lowest BCUT2D eigenvalue weighted by atomic mass is 10.4. The number of thiazole rings is 1. The van der Waals surface area contributed by atoms with Crippen LogP contribution in [0.5, 0.6) is 0 Å². The summed E-state index contributed by atoms with van der Waals surface area (Å²) < 4.78 is 0. The third-order valence-electron chi connectivity index (χ3n) is 1.96.